The van der Waals surface area contributed by atoms with Crippen LogP contribution < -0.4 is 10.2 Å². The Labute approximate surface area is 179 Å². The van der Waals surface area contributed by atoms with Gasteiger partial charge in [-0.15, -0.1) is 0 Å². The fraction of sp³-hybridized carbons (Fsp3) is 0.130. The van der Waals surface area contributed by atoms with Crippen molar-refractivity contribution in [3.63, 3.8) is 0 Å². The van der Waals surface area contributed by atoms with E-state index in [4.69, 9.17) is 23.2 Å². The molecule has 0 aromatic heterocycles. The smallest absolute Gasteiger partial charge is 0.258 e. The van der Waals surface area contributed by atoms with E-state index in [0.29, 0.717) is 33.4 Å². The minimum Gasteiger partial charge on any atom is -0.322 e. The van der Waals surface area contributed by atoms with Crippen LogP contribution in [0.2, 0.25) is 10.0 Å². The molecule has 6 heteroatoms. The molecule has 0 saturated carbocycles. The number of fused-ring (bicyclic) bond motifs is 1. The van der Waals surface area contributed by atoms with E-state index in [0.717, 1.165) is 24.1 Å². The van der Waals surface area contributed by atoms with Gasteiger partial charge in [0.25, 0.3) is 11.8 Å². The summed E-state index contributed by atoms with van der Waals surface area (Å²) >= 11 is 11.9. The second-order valence-corrected chi connectivity index (χ2v) is 7.75. The summed E-state index contributed by atoms with van der Waals surface area (Å²) in [6, 6.07) is 19.3. The van der Waals surface area contributed by atoms with Crippen LogP contribution in [-0.4, -0.2) is 18.4 Å². The SMILES string of the molecule is O=C(Nc1ccc(Cl)cc1)c1ccc2c(c1)CCCN2C(=O)c1cccc(Cl)c1. The Bertz CT molecular complexity index is 1080. The molecule has 0 atom stereocenters. The van der Waals surface area contributed by atoms with Gasteiger partial charge in [-0.25, -0.2) is 0 Å². The van der Waals surface area contributed by atoms with Gasteiger partial charge in [-0.2, -0.15) is 0 Å². The number of nitrogens with zero attached hydrogens (tertiary/aromatic N) is 1. The van der Waals surface area contributed by atoms with Crippen LogP contribution in [0.1, 0.15) is 32.7 Å². The topological polar surface area (TPSA) is 49.4 Å². The average molecular weight is 425 g/mol. The van der Waals surface area contributed by atoms with Crippen molar-refractivity contribution < 1.29 is 9.59 Å². The highest BCUT2D eigenvalue weighted by molar-refractivity contribution is 6.31. The van der Waals surface area contributed by atoms with Gasteiger partial charge in [0, 0.05) is 39.1 Å². The van der Waals surface area contributed by atoms with Crippen LogP contribution in [-0.2, 0) is 6.42 Å². The summed E-state index contributed by atoms with van der Waals surface area (Å²) < 4.78 is 0. The second-order valence-electron chi connectivity index (χ2n) is 6.88. The standard InChI is InChI=1S/C23H18Cl2N2O2/c24-18-7-9-20(10-8-18)26-22(28)16-6-11-21-15(13-16)4-2-12-27(21)23(29)17-3-1-5-19(25)14-17/h1,3,5-11,13-14H,2,4,12H2,(H,26,28). The van der Waals surface area contributed by atoms with E-state index in [1.54, 1.807) is 59.5 Å². The Morgan fingerprint density at radius 3 is 2.41 bits per heavy atom. The largest absolute Gasteiger partial charge is 0.322 e. The molecule has 146 valence electrons. The minimum atomic E-state index is -0.201. The lowest BCUT2D eigenvalue weighted by Crippen LogP contribution is -2.35. The fourth-order valence-electron chi connectivity index (χ4n) is 3.46. The molecule has 1 heterocycles. The predicted molar refractivity (Wildman–Crippen MR) is 117 cm³/mol. The van der Waals surface area contributed by atoms with Crippen LogP contribution in [0.3, 0.4) is 0 Å². The Kier molecular flexibility index (Phi) is 5.56. The van der Waals surface area contributed by atoms with E-state index in [-0.39, 0.29) is 11.8 Å². The lowest BCUT2D eigenvalue weighted by atomic mass is 9.98. The minimum absolute atomic E-state index is 0.0909. The molecule has 4 nitrogen and oxygen atoms in total. The molecule has 1 N–H and O–H groups in total. The van der Waals surface area contributed by atoms with E-state index >= 15 is 0 Å². The highest BCUT2D eigenvalue weighted by Gasteiger charge is 2.24. The summed E-state index contributed by atoms with van der Waals surface area (Å²) in [4.78, 5) is 27.4. The monoisotopic (exact) mass is 424 g/mol. The van der Waals surface area contributed by atoms with Crippen molar-refractivity contribution in [2.45, 2.75) is 12.8 Å². The Balaban J connectivity index is 1.57. The van der Waals surface area contributed by atoms with Crippen LogP contribution in [0.25, 0.3) is 0 Å². The van der Waals surface area contributed by atoms with Crippen molar-refractivity contribution >= 4 is 46.4 Å². The highest BCUT2D eigenvalue weighted by Crippen LogP contribution is 2.30. The molecule has 0 spiro atoms. The van der Waals surface area contributed by atoms with Crippen molar-refractivity contribution in [1.29, 1.82) is 0 Å². The Morgan fingerprint density at radius 1 is 0.862 bits per heavy atom. The van der Waals surface area contributed by atoms with Gasteiger partial charge in [0.1, 0.15) is 0 Å². The number of rotatable bonds is 3. The lowest BCUT2D eigenvalue weighted by molar-refractivity contribution is 0.0984. The van der Waals surface area contributed by atoms with Gasteiger partial charge in [-0.05, 0) is 79.1 Å². The number of aryl methyl sites for hydroxylation is 1. The molecule has 0 fully saturated rings. The second kappa shape index (κ2) is 8.27. The number of carbonyl (C=O) groups excluding carboxylic acids is 2. The molecule has 0 aliphatic carbocycles. The maximum atomic E-state index is 13.0. The molecule has 3 aromatic carbocycles. The summed E-state index contributed by atoms with van der Waals surface area (Å²) in [6.45, 7) is 0.634. The van der Waals surface area contributed by atoms with E-state index < -0.39 is 0 Å². The first-order valence-corrected chi connectivity index (χ1v) is 10.0. The average Bonchev–Trinajstić information content (AvgIpc) is 2.74. The molecule has 0 saturated heterocycles. The Hall–Kier alpha value is -2.82. The van der Waals surface area contributed by atoms with Gasteiger partial charge in [-0.1, -0.05) is 29.3 Å². The summed E-state index contributed by atoms with van der Waals surface area (Å²) in [5.41, 5.74) is 3.60. The Morgan fingerprint density at radius 2 is 1.66 bits per heavy atom. The van der Waals surface area contributed by atoms with Crippen LogP contribution in [0, 0.1) is 0 Å². The number of benzene rings is 3. The van der Waals surface area contributed by atoms with E-state index in [9.17, 15) is 9.59 Å². The number of hydrogen-bond acceptors (Lipinski definition) is 2. The molecule has 4 rings (SSSR count). The molecule has 1 aliphatic rings. The van der Waals surface area contributed by atoms with Gasteiger partial charge in [0.2, 0.25) is 0 Å². The van der Waals surface area contributed by atoms with Crippen molar-refractivity contribution in [3.05, 3.63) is 93.5 Å². The van der Waals surface area contributed by atoms with Crippen molar-refractivity contribution in [1.82, 2.24) is 0 Å². The maximum Gasteiger partial charge on any atom is 0.258 e. The summed E-state index contributed by atoms with van der Waals surface area (Å²) in [5.74, 6) is -0.291. The molecule has 0 unspecified atom stereocenters. The number of hydrogen-bond donors (Lipinski definition) is 1. The van der Waals surface area contributed by atoms with Gasteiger partial charge < -0.3 is 10.2 Å². The first-order chi connectivity index (χ1) is 14.0. The molecular formula is C23H18Cl2N2O2. The van der Waals surface area contributed by atoms with Crippen molar-refractivity contribution in [2.24, 2.45) is 0 Å². The van der Waals surface area contributed by atoms with Crippen molar-refractivity contribution in [2.75, 3.05) is 16.8 Å². The molecule has 0 bridgehead atoms. The molecule has 3 aromatic rings. The van der Waals surface area contributed by atoms with E-state index in [2.05, 4.69) is 5.32 Å². The molecule has 29 heavy (non-hydrogen) atoms. The molecule has 2 amide bonds. The number of nitrogens with one attached hydrogen (secondary N) is 1. The molecule has 0 radical (unpaired) electrons. The zero-order valence-corrected chi connectivity index (χ0v) is 17.0. The highest BCUT2D eigenvalue weighted by atomic mass is 35.5. The van der Waals surface area contributed by atoms with E-state index in [1.807, 2.05) is 12.1 Å². The number of amides is 2. The first kappa shape index (κ1) is 19.5. The number of anilines is 2. The fourth-order valence-corrected chi connectivity index (χ4v) is 3.78. The van der Waals surface area contributed by atoms with E-state index in [1.165, 1.54) is 0 Å². The lowest BCUT2D eigenvalue weighted by Gasteiger charge is -2.30. The summed E-state index contributed by atoms with van der Waals surface area (Å²) in [6.07, 6.45) is 1.65. The third-order valence-corrected chi connectivity index (χ3v) is 5.37. The molecule has 1 aliphatic heterocycles. The third-order valence-electron chi connectivity index (χ3n) is 4.88. The zero-order chi connectivity index (χ0) is 20.4. The quantitative estimate of drug-likeness (QED) is 0.573. The van der Waals surface area contributed by atoms with Crippen LogP contribution >= 0.6 is 23.2 Å². The van der Waals surface area contributed by atoms with Crippen LogP contribution in [0.15, 0.2) is 66.7 Å². The number of carbonyl (C=O) groups is 2. The van der Waals surface area contributed by atoms with Gasteiger partial charge in [-0.3, -0.25) is 9.59 Å². The summed E-state index contributed by atoms with van der Waals surface area (Å²) in [7, 11) is 0. The van der Waals surface area contributed by atoms with Gasteiger partial charge >= 0.3 is 0 Å². The van der Waals surface area contributed by atoms with Crippen LogP contribution in [0.5, 0.6) is 0 Å². The predicted octanol–water partition coefficient (Wildman–Crippen LogP) is 5.84. The maximum absolute atomic E-state index is 13.0. The number of halogens is 2. The van der Waals surface area contributed by atoms with Gasteiger partial charge in [0.05, 0.1) is 0 Å². The molecular weight excluding hydrogens is 407 g/mol. The normalized spacial score (nSPS) is 13.0. The van der Waals surface area contributed by atoms with Gasteiger partial charge in [0.15, 0.2) is 0 Å². The third kappa shape index (κ3) is 4.29. The van der Waals surface area contributed by atoms with Crippen LogP contribution in [0.4, 0.5) is 11.4 Å². The zero-order valence-electron chi connectivity index (χ0n) is 15.5. The summed E-state index contributed by atoms with van der Waals surface area (Å²) in [5, 5.41) is 4.01. The first-order valence-electron chi connectivity index (χ1n) is 9.28. The van der Waals surface area contributed by atoms with Crippen molar-refractivity contribution in [3.8, 4) is 0 Å².